The van der Waals surface area contributed by atoms with Gasteiger partial charge in [-0.1, -0.05) is 18.2 Å². The quantitative estimate of drug-likeness (QED) is 0.127. The van der Waals surface area contributed by atoms with Crippen LogP contribution in [0.3, 0.4) is 0 Å². The number of ether oxygens (including phenoxy) is 1. The van der Waals surface area contributed by atoms with Crippen molar-refractivity contribution in [3.8, 4) is 0 Å². The van der Waals surface area contributed by atoms with Crippen molar-refractivity contribution in [2.45, 2.75) is 48.9 Å². The molecule has 7 N–H and O–H groups in total. The molecule has 5 atom stereocenters. The zero-order chi connectivity index (χ0) is 21.4. The Bertz CT molecular complexity index is 962. The molecule has 0 radical (unpaired) electrons. The van der Waals surface area contributed by atoms with Gasteiger partial charge < -0.3 is 39.6 Å². The van der Waals surface area contributed by atoms with E-state index in [1.807, 2.05) is 0 Å². The van der Waals surface area contributed by atoms with Crippen LogP contribution in [0, 0.1) is 0 Å². The van der Waals surface area contributed by atoms with Gasteiger partial charge in [0.25, 0.3) is 5.56 Å². The van der Waals surface area contributed by atoms with Crippen molar-refractivity contribution in [2.24, 2.45) is 0 Å². The summed E-state index contributed by atoms with van der Waals surface area (Å²) in [4.78, 5) is 32.8. The van der Waals surface area contributed by atoms with E-state index in [4.69, 9.17) is 29.6 Å². The van der Waals surface area contributed by atoms with Gasteiger partial charge in [-0.15, -0.1) is 0 Å². The van der Waals surface area contributed by atoms with Crippen LogP contribution in [0.5, 0.6) is 0 Å². The van der Waals surface area contributed by atoms with Crippen LogP contribution in [0.25, 0.3) is 11.2 Å². The molecule has 4 rings (SSSR count). The summed E-state index contributed by atoms with van der Waals surface area (Å²) in [6.07, 6.45) is -2.05. The summed E-state index contributed by atoms with van der Waals surface area (Å²) >= 11 is 1.31. The molecule has 2 aliphatic heterocycles. The fraction of sp³-hybridized carbons (Fsp3) is 0.643. The molecule has 13 nitrogen and oxygen atoms in total. The van der Waals surface area contributed by atoms with Crippen molar-refractivity contribution in [2.75, 3.05) is 18.1 Å². The zero-order valence-corrected chi connectivity index (χ0v) is 17.3. The van der Waals surface area contributed by atoms with Crippen molar-refractivity contribution in [1.29, 1.82) is 0 Å². The third kappa shape index (κ3) is 4.35. The lowest BCUT2D eigenvalue weighted by atomic mass is 9.84. The summed E-state index contributed by atoms with van der Waals surface area (Å²) in [7, 11) is -3.45. The average Bonchev–Trinajstić information content (AvgIpc) is 3.19. The molecule has 0 aromatic carbocycles. The van der Waals surface area contributed by atoms with Crippen molar-refractivity contribution in [3.63, 3.8) is 0 Å². The number of aliphatic hydroxyl groups is 1. The number of anilines is 1. The Hall–Kier alpha value is -1.29. The highest BCUT2D eigenvalue weighted by Gasteiger charge is 2.50. The molecule has 2 fully saturated rings. The number of thioether (sulfide) groups is 1. The first-order chi connectivity index (χ1) is 14.3. The van der Waals surface area contributed by atoms with E-state index in [1.54, 1.807) is 0 Å². The number of unbranched alkanes of at least 4 members (excludes halogenated alkanes) is 1. The maximum atomic E-state index is 12.3. The lowest BCUT2D eigenvalue weighted by molar-refractivity contribution is -0.0614. The van der Waals surface area contributed by atoms with Crippen LogP contribution in [0.1, 0.15) is 19.1 Å². The van der Waals surface area contributed by atoms with Gasteiger partial charge in [0.2, 0.25) is 5.95 Å². The molecule has 0 aliphatic carbocycles. The fourth-order valence-electron chi connectivity index (χ4n) is 3.37. The smallest absolute Gasteiger partial charge is 0.427 e. The number of fused-ring (bicyclic) bond motifs is 2. The van der Waals surface area contributed by atoms with E-state index in [0.29, 0.717) is 23.8 Å². The summed E-state index contributed by atoms with van der Waals surface area (Å²) < 4.78 is 17.8. The van der Waals surface area contributed by atoms with E-state index in [-0.39, 0.29) is 30.0 Å². The van der Waals surface area contributed by atoms with Crippen LogP contribution in [-0.4, -0.2) is 77.4 Å². The second kappa shape index (κ2) is 9.06. The predicted octanol–water partition coefficient (Wildman–Crippen LogP) is -1.06. The van der Waals surface area contributed by atoms with Gasteiger partial charge >= 0.3 is 15.7 Å². The summed E-state index contributed by atoms with van der Waals surface area (Å²) in [6.45, 7) is 0.0508. The molecule has 2 aliphatic rings. The van der Waals surface area contributed by atoms with Gasteiger partial charge in [0.15, 0.2) is 22.5 Å². The molecule has 2 saturated heterocycles. The predicted molar refractivity (Wildman–Crippen MR) is 107 cm³/mol. The molecule has 30 heavy (non-hydrogen) atoms. The molecule has 16 heteroatoms. The second-order valence-electron chi connectivity index (χ2n) is 6.87. The largest absolute Gasteiger partial charge is 0.451 e. The van der Waals surface area contributed by atoms with Gasteiger partial charge in [0.05, 0.1) is 6.61 Å². The number of rotatable bonds is 7. The Morgan fingerprint density at radius 2 is 2.17 bits per heavy atom. The molecule has 0 spiro atoms. The van der Waals surface area contributed by atoms with E-state index < -0.39 is 45.8 Å². The van der Waals surface area contributed by atoms with Crippen LogP contribution in [0.4, 0.5) is 5.95 Å². The molecule has 0 amide bonds. The highest BCUT2D eigenvalue weighted by molar-refractivity contribution is 7.99. The number of aromatic amines is 1. The number of nitrogens with one attached hydrogen (secondary N) is 1. The standard InChI is InChI=1S/C14H21BN5O8PS/c16-13-18-10-7(11(22)19-13)17-14(30-4-2-1-3-15(23)24)20(10)12-8(21)9-6(27-12)5-26-29(25)28-9/h6,8-9,12,21,23-25H,1-5H2,(H3,16,18,19,22). The summed E-state index contributed by atoms with van der Waals surface area (Å²) in [5.41, 5.74) is 5.37. The molecule has 0 bridgehead atoms. The van der Waals surface area contributed by atoms with Gasteiger partial charge in [-0.25, -0.2) is 4.98 Å². The molecule has 0 saturated carbocycles. The van der Waals surface area contributed by atoms with E-state index >= 15 is 0 Å². The van der Waals surface area contributed by atoms with E-state index in [2.05, 4.69) is 15.0 Å². The SMILES string of the molecule is Nc1nc2c(nc(SCCCCB(O)O)n2C2OC3COP(O)OC3C2O)c(=O)[nH]1. The summed E-state index contributed by atoms with van der Waals surface area (Å²) in [6, 6.07) is 0. The third-order valence-electron chi connectivity index (χ3n) is 4.75. The van der Waals surface area contributed by atoms with Gasteiger partial charge in [-0.2, -0.15) is 4.98 Å². The zero-order valence-electron chi connectivity index (χ0n) is 15.6. The first-order valence-electron chi connectivity index (χ1n) is 9.24. The average molecular weight is 461 g/mol. The van der Waals surface area contributed by atoms with Crippen LogP contribution in [-0.2, 0) is 13.8 Å². The number of nitrogens with zero attached hydrogens (tertiary/aromatic N) is 3. The summed E-state index contributed by atoms with van der Waals surface area (Å²) in [5, 5.41) is 29.1. The number of aromatic nitrogens is 4. The van der Waals surface area contributed by atoms with Crippen molar-refractivity contribution in [1.82, 2.24) is 19.5 Å². The first kappa shape index (κ1) is 21.9. The van der Waals surface area contributed by atoms with Crippen molar-refractivity contribution >= 4 is 44.6 Å². The lowest BCUT2D eigenvalue weighted by Crippen LogP contribution is -2.38. The first-order valence-corrected chi connectivity index (χ1v) is 11.4. The summed E-state index contributed by atoms with van der Waals surface area (Å²) in [5.74, 6) is 0.464. The topological polar surface area (TPSA) is 198 Å². The maximum Gasteiger partial charge on any atom is 0.451 e. The Balaban J connectivity index is 1.64. The fourth-order valence-corrected chi connectivity index (χ4v) is 5.19. The number of hydrogen-bond donors (Lipinski definition) is 6. The number of nitrogens with two attached hydrogens (primary N) is 1. The lowest BCUT2D eigenvalue weighted by Gasteiger charge is -2.27. The second-order valence-corrected chi connectivity index (χ2v) is 8.88. The number of aliphatic hydroxyl groups excluding tert-OH is 1. The van der Waals surface area contributed by atoms with Crippen LogP contribution in [0.15, 0.2) is 9.95 Å². The molecule has 164 valence electrons. The minimum Gasteiger partial charge on any atom is -0.427 e. The Morgan fingerprint density at radius 1 is 1.37 bits per heavy atom. The number of H-pyrrole nitrogens is 1. The Kier molecular flexibility index (Phi) is 6.63. The minimum absolute atomic E-state index is 0.0460. The molecule has 5 unspecified atom stereocenters. The minimum atomic E-state index is -2.10. The van der Waals surface area contributed by atoms with E-state index in [1.165, 1.54) is 16.3 Å². The van der Waals surface area contributed by atoms with E-state index in [9.17, 15) is 14.8 Å². The monoisotopic (exact) mass is 461 g/mol. The molecule has 4 heterocycles. The molecular formula is C14H21BN5O8PS. The van der Waals surface area contributed by atoms with Gasteiger partial charge in [-0.05, 0) is 12.7 Å². The Labute approximate surface area is 175 Å². The van der Waals surface area contributed by atoms with E-state index in [0.717, 1.165) is 0 Å². The third-order valence-corrected chi connectivity index (χ3v) is 6.58. The molecular weight excluding hydrogens is 440 g/mol. The highest BCUT2D eigenvalue weighted by atomic mass is 32.2. The van der Waals surface area contributed by atoms with Gasteiger partial charge in [0, 0.05) is 5.75 Å². The van der Waals surface area contributed by atoms with Crippen LogP contribution >= 0.6 is 20.4 Å². The normalized spacial score (nSPS) is 28.7. The number of hydrogen-bond acceptors (Lipinski definition) is 12. The van der Waals surface area contributed by atoms with Crippen molar-refractivity contribution in [3.05, 3.63) is 10.4 Å². The van der Waals surface area contributed by atoms with Gasteiger partial charge in [0.1, 0.15) is 18.3 Å². The number of imidazole rings is 1. The molecule has 2 aromatic heterocycles. The highest BCUT2D eigenvalue weighted by Crippen LogP contribution is 2.47. The van der Waals surface area contributed by atoms with Gasteiger partial charge in [-0.3, -0.25) is 14.3 Å². The maximum absolute atomic E-state index is 12.3. The Morgan fingerprint density at radius 3 is 2.93 bits per heavy atom. The van der Waals surface area contributed by atoms with Crippen molar-refractivity contribution < 1.29 is 33.8 Å². The number of nitrogen functional groups attached to an aromatic ring is 1. The van der Waals surface area contributed by atoms with Crippen LogP contribution < -0.4 is 11.3 Å². The molecule has 2 aromatic rings. The van der Waals surface area contributed by atoms with Crippen LogP contribution in [0.2, 0.25) is 6.32 Å².